The van der Waals surface area contributed by atoms with Crippen molar-refractivity contribution in [1.29, 1.82) is 0 Å². The molecule has 3 aromatic carbocycles. The van der Waals surface area contributed by atoms with E-state index in [0.717, 1.165) is 36.3 Å². The molecule has 0 amide bonds. The van der Waals surface area contributed by atoms with Crippen molar-refractivity contribution >= 4 is 22.4 Å². The molecule has 5 nitrogen and oxygen atoms in total. The summed E-state index contributed by atoms with van der Waals surface area (Å²) in [6.45, 7) is 2.64. The summed E-state index contributed by atoms with van der Waals surface area (Å²) in [4.78, 5) is 0. The van der Waals surface area contributed by atoms with Crippen molar-refractivity contribution in [3.63, 3.8) is 0 Å². The first-order chi connectivity index (χ1) is 15.2. The first-order valence-corrected chi connectivity index (χ1v) is 10.9. The second-order valence-electron chi connectivity index (χ2n) is 7.61. The van der Waals surface area contributed by atoms with Crippen LogP contribution in [0.2, 0.25) is 5.02 Å². The first-order valence-electron chi connectivity index (χ1n) is 10.6. The summed E-state index contributed by atoms with van der Waals surface area (Å²) in [5.41, 5.74) is 2.08. The first kappa shape index (κ1) is 21.8. The van der Waals surface area contributed by atoms with Gasteiger partial charge in [0.15, 0.2) is 11.5 Å². The lowest BCUT2D eigenvalue weighted by Gasteiger charge is -2.18. The molecule has 3 aromatic rings. The largest absolute Gasteiger partial charge is 0.493 e. The molecule has 1 atom stereocenters. The van der Waals surface area contributed by atoms with E-state index in [0.29, 0.717) is 36.2 Å². The van der Waals surface area contributed by atoms with Crippen molar-refractivity contribution in [3.8, 4) is 17.2 Å². The predicted molar refractivity (Wildman–Crippen MR) is 124 cm³/mol. The Labute approximate surface area is 188 Å². The molecule has 1 aliphatic heterocycles. The molecule has 31 heavy (non-hydrogen) atoms. The number of fused-ring (bicyclic) bond motifs is 1. The molecule has 0 aliphatic carbocycles. The Morgan fingerprint density at radius 3 is 2.58 bits per heavy atom. The highest BCUT2D eigenvalue weighted by atomic mass is 35.5. The Hall–Kier alpha value is -2.47. The van der Waals surface area contributed by atoms with Gasteiger partial charge in [0.2, 0.25) is 0 Å². The fourth-order valence-electron chi connectivity index (χ4n) is 3.95. The number of hydrogen-bond donors (Lipinski definition) is 1. The minimum Gasteiger partial charge on any atom is -0.493 e. The van der Waals surface area contributed by atoms with Crippen LogP contribution in [0.5, 0.6) is 17.2 Å². The van der Waals surface area contributed by atoms with Crippen LogP contribution in [0.3, 0.4) is 0 Å². The molecule has 1 unspecified atom stereocenters. The van der Waals surface area contributed by atoms with Crippen LogP contribution in [0, 0.1) is 0 Å². The Morgan fingerprint density at radius 2 is 1.81 bits per heavy atom. The van der Waals surface area contributed by atoms with E-state index in [-0.39, 0.29) is 6.10 Å². The Bertz CT molecular complexity index is 1030. The van der Waals surface area contributed by atoms with E-state index in [4.69, 9.17) is 30.5 Å². The molecule has 1 N–H and O–H groups in total. The summed E-state index contributed by atoms with van der Waals surface area (Å²) in [6.07, 6.45) is 2.34. The van der Waals surface area contributed by atoms with Crippen molar-refractivity contribution < 1.29 is 18.9 Å². The lowest BCUT2D eigenvalue weighted by Crippen LogP contribution is -2.18. The molecule has 1 aliphatic rings. The lowest BCUT2D eigenvalue weighted by molar-refractivity contribution is 0.0676. The summed E-state index contributed by atoms with van der Waals surface area (Å²) in [7, 11) is 3.22. The smallest absolute Gasteiger partial charge is 0.162 e. The maximum atomic E-state index is 6.45. The van der Waals surface area contributed by atoms with Crippen molar-refractivity contribution in [1.82, 2.24) is 5.32 Å². The van der Waals surface area contributed by atoms with Crippen molar-refractivity contribution in [2.45, 2.75) is 32.0 Å². The second kappa shape index (κ2) is 10.2. The highest BCUT2D eigenvalue weighted by Gasteiger charge is 2.18. The van der Waals surface area contributed by atoms with Crippen LogP contribution < -0.4 is 19.5 Å². The van der Waals surface area contributed by atoms with Gasteiger partial charge in [0, 0.05) is 36.3 Å². The minimum absolute atomic E-state index is 0.179. The van der Waals surface area contributed by atoms with Gasteiger partial charge in [-0.2, -0.15) is 0 Å². The fraction of sp³-hybridized carbons (Fsp3) is 0.360. The number of hydrogen-bond acceptors (Lipinski definition) is 5. The maximum absolute atomic E-state index is 6.45. The average molecular weight is 442 g/mol. The molecule has 164 valence electrons. The van der Waals surface area contributed by atoms with E-state index in [1.807, 2.05) is 6.07 Å². The third kappa shape index (κ3) is 5.06. The third-order valence-electron chi connectivity index (χ3n) is 5.62. The number of rotatable bonds is 9. The summed E-state index contributed by atoms with van der Waals surface area (Å²) < 4.78 is 22.6. The highest BCUT2D eigenvalue weighted by Crippen LogP contribution is 2.33. The summed E-state index contributed by atoms with van der Waals surface area (Å²) in [5, 5.41) is 6.52. The molecule has 1 fully saturated rings. The molecule has 0 aromatic heterocycles. The minimum atomic E-state index is 0.179. The van der Waals surface area contributed by atoms with Crippen LogP contribution in [0.1, 0.15) is 24.0 Å². The van der Waals surface area contributed by atoms with Crippen LogP contribution in [0.4, 0.5) is 0 Å². The van der Waals surface area contributed by atoms with Crippen LogP contribution >= 0.6 is 11.6 Å². The number of nitrogens with one attached hydrogen (secondary N) is 1. The van der Waals surface area contributed by atoms with Crippen LogP contribution in [0.15, 0.2) is 48.5 Å². The van der Waals surface area contributed by atoms with E-state index < -0.39 is 0 Å². The molecule has 6 heteroatoms. The average Bonchev–Trinajstić information content (AvgIpc) is 3.32. The molecule has 1 heterocycles. The lowest BCUT2D eigenvalue weighted by atomic mass is 10.0. The molecule has 0 spiro atoms. The van der Waals surface area contributed by atoms with Crippen LogP contribution in [-0.4, -0.2) is 33.5 Å². The normalized spacial score (nSPS) is 15.9. The van der Waals surface area contributed by atoms with Gasteiger partial charge in [0.05, 0.1) is 20.3 Å². The van der Waals surface area contributed by atoms with Gasteiger partial charge >= 0.3 is 0 Å². The Morgan fingerprint density at radius 1 is 1.00 bits per heavy atom. The summed E-state index contributed by atoms with van der Waals surface area (Å²) >= 11 is 6.45. The van der Waals surface area contributed by atoms with Crippen LogP contribution in [-0.2, 0) is 17.8 Å². The zero-order valence-electron chi connectivity index (χ0n) is 17.9. The van der Waals surface area contributed by atoms with E-state index in [2.05, 4.69) is 41.7 Å². The van der Waals surface area contributed by atoms with Gasteiger partial charge in [-0.25, -0.2) is 0 Å². The molecule has 0 bridgehead atoms. The number of methoxy groups -OCH3 is 2. The number of halogens is 1. The molecule has 4 rings (SSSR count). The molecule has 0 saturated carbocycles. The van der Waals surface area contributed by atoms with Crippen molar-refractivity contribution in [3.05, 3.63) is 64.7 Å². The zero-order valence-corrected chi connectivity index (χ0v) is 18.7. The topological polar surface area (TPSA) is 49.0 Å². The fourth-order valence-corrected chi connectivity index (χ4v) is 4.17. The van der Waals surface area contributed by atoms with Gasteiger partial charge in [-0.05, 0) is 41.3 Å². The van der Waals surface area contributed by atoms with E-state index in [1.54, 1.807) is 20.3 Å². The SMILES string of the molecule is COc1cc(Cl)c(CNCc2c(OCC3CCCO3)ccc3ccccc23)cc1OC. The maximum Gasteiger partial charge on any atom is 0.162 e. The molecule has 0 radical (unpaired) electrons. The van der Waals surface area contributed by atoms with Gasteiger partial charge in [-0.15, -0.1) is 0 Å². The van der Waals surface area contributed by atoms with E-state index in [1.165, 1.54) is 10.8 Å². The van der Waals surface area contributed by atoms with E-state index >= 15 is 0 Å². The van der Waals surface area contributed by atoms with Gasteiger partial charge in [0.25, 0.3) is 0 Å². The van der Waals surface area contributed by atoms with Crippen LogP contribution in [0.25, 0.3) is 10.8 Å². The monoisotopic (exact) mass is 441 g/mol. The number of benzene rings is 3. The third-order valence-corrected chi connectivity index (χ3v) is 5.97. The number of ether oxygens (including phenoxy) is 4. The molecular formula is C25H28ClNO4. The molecular weight excluding hydrogens is 414 g/mol. The zero-order chi connectivity index (χ0) is 21.6. The van der Waals surface area contributed by atoms with Gasteiger partial charge in [-0.1, -0.05) is 41.9 Å². The van der Waals surface area contributed by atoms with Gasteiger partial charge < -0.3 is 24.3 Å². The molecule has 1 saturated heterocycles. The Kier molecular flexibility index (Phi) is 7.17. The Balaban J connectivity index is 1.52. The summed E-state index contributed by atoms with van der Waals surface area (Å²) in [5.74, 6) is 2.17. The quantitative estimate of drug-likeness (QED) is 0.484. The van der Waals surface area contributed by atoms with Gasteiger partial charge in [0.1, 0.15) is 12.4 Å². The van der Waals surface area contributed by atoms with E-state index in [9.17, 15) is 0 Å². The standard InChI is InChI=1S/C25H28ClNO4/c1-28-24-12-18(22(26)13-25(24)29-2)14-27-15-21-20-8-4-3-6-17(20)9-10-23(21)31-16-19-7-5-11-30-19/h3-4,6,8-10,12-13,19,27H,5,7,11,14-16H2,1-2H3. The van der Waals surface area contributed by atoms with Crippen molar-refractivity contribution in [2.24, 2.45) is 0 Å². The highest BCUT2D eigenvalue weighted by molar-refractivity contribution is 6.31. The van der Waals surface area contributed by atoms with Gasteiger partial charge in [-0.3, -0.25) is 0 Å². The second-order valence-corrected chi connectivity index (χ2v) is 8.02. The summed E-state index contributed by atoms with van der Waals surface area (Å²) in [6, 6.07) is 16.2. The van der Waals surface area contributed by atoms with Crippen molar-refractivity contribution in [2.75, 3.05) is 27.4 Å². The predicted octanol–water partition coefficient (Wildman–Crippen LogP) is 5.36.